The van der Waals surface area contributed by atoms with Crippen LogP contribution in [-0.4, -0.2) is 53.2 Å². The van der Waals surface area contributed by atoms with E-state index in [0.717, 1.165) is 13.0 Å². The van der Waals surface area contributed by atoms with E-state index in [4.69, 9.17) is 5.11 Å². The van der Waals surface area contributed by atoms with Gasteiger partial charge in [0.2, 0.25) is 0 Å². The van der Waals surface area contributed by atoms with Gasteiger partial charge in [0.25, 0.3) is 0 Å². The summed E-state index contributed by atoms with van der Waals surface area (Å²) in [6.07, 6.45) is 3.38. The maximum Gasteiger partial charge on any atom is 0.317 e. The predicted molar refractivity (Wildman–Crippen MR) is 77.8 cm³/mol. The molecule has 0 aliphatic heterocycles. The van der Waals surface area contributed by atoms with Crippen LogP contribution in [0.3, 0.4) is 0 Å². The molecule has 0 aromatic rings. The molecule has 116 valence electrons. The summed E-state index contributed by atoms with van der Waals surface area (Å²) in [5.74, 6) is -0.888. The zero-order valence-corrected chi connectivity index (χ0v) is 12.7. The van der Waals surface area contributed by atoms with Crippen molar-refractivity contribution in [1.82, 2.24) is 15.5 Å². The number of nitrogens with zero attached hydrogens (tertiary/aromatic N) is 1. The molecule has 0 bridgehead atoms. The summed E-state index contributed by atoms with van der Waals surface area (Å²) < 4.78 is 0. The van der Waals surface area contributed by atoms with Crippen molar-refractivity contribution in [2.75, 3.05) is 19.6 Å². The van der Waals surface area contributed by atoms with Crippen LogP contribution in [0.2, 0.25) is 0 Å². The Labute approximate surface area is 120 Å². The lowest BCUT2D eigenvalue weighted by molar-refractivity contribution is -0.137. The molecular weight excluding hydrogens is 258 g/mol. The van der Waals surface area contributed by atoms with Gasteiger partial charge in [0.15, 0.2) is 0 Å². The Bertz CT molecular complexity index is 335. The molecule has 0 atom stereocenters. The maximum absolute atomic E-state index is 12.1. The summed E-state index contributed by atoms with van der Waals surface area (Å²) in [5.41, 5.74) is -0.383. The Kier molecular flexibility index (Phi) is 6.26. The summed E-state index contributed by atoms with van der Waals surface area (Å²) >= 11 is 0. The molecule has 1 aliphatic rings. The van der Waals surface area contributed by atoms with Crippen LogP contribution in [-0.2, 0) is 4.79 Å². The van der Waals surface area contributed by atoms with Crippen molar-refractivity contribution in [2.24, 2.45) is 0 Å². The smallest absolute Gasteiger partial charge is 0.317 e. The van der Waals surface area contributed by atoms with Crippen LogP contribution in [0.25, 0.3) is 0 Å². The first-order valence-corrected chi connectivity index (χ1v) is 7.31. The average molecular weight is 285 g/mol. The lowest BCUT2D eigenvalue weighted by Gasteiger charge is -2.35. The van der Waals surface area contributed by atoms with Gasteiger partial charge in [-0.3, -0.25) is 4.79 Å². The largest absolute Gasteiger partial charge is 0.481 e. The molecule has 0 radical (unpaired) electrons. The molecule has 1 rings (SSSR count). The van der Waals surface area contributed by atoms with Crippen molar-refractivity contribution in [3.05, 3.63) is 0 Å². The third-order valence-electron chi connectivity index (χ3n) is 3.24. The summed E-state index contributed by atoms with van der Waals surface area (Å²) in [5, 5.41) is 15.0. The van der Waals surface area contributed by atoms with Crippen molar-refractivity contribution < 1.29 is 14.7 Å². The first kappa shape index (κ1) is 16.8. The first-order valence-electron chi connectivity index (χ1n) is 7.31. The molecule has 0 unspecified atom stereocenters. The number of hydrogen-bond donors (Lipinski definition) is 3. The second-order valence-electron chi connectivity index (χ2n) is 6.28. The van der Waals surface area contributed by atoms with Crippen LogP contribution >= 0.6 is 0 Å². The Morgan fingerprint density at radius 2 is 1.90 bits per heavy atom. The van der Waals surface area contributed by atoms with Crippen molar-refractivity contribution in [3.8, 4) is 0 Å². The maximum atomic E-state index is 12.1. The lowest BCUT2D eigenvalue weighted by Crippen LogP contribution is -2.51. The summed E-state index contributed by atoms with van der Waals surface area (Å²) in [6, 6.07) is 0.498. The van der Waals surface area contributed by atoms with Gasteiger partial charge >= 0.3 is 12.0 Å². The molecular formula is C14H27N3O3. The second kappa shape index (κ2) is 7.47. The van der Waals surface area contributed by atoms with Crippen LogP contribution in [0.5, 0.6) is 0 Å². The van der Waals surface area contributed by atoms with Crippen molar-refractivity contribution in [2.45, 2.75) is 58.0 Å². The SMILES string of the molecule is CC(C)(C)N(CCC(=O)O)C(=O)NCCCNC1CC1. The molecule has 2 amide bonds. The molecule has 1 fully saturated rings. The molecule has 6 heteroatoms. The summed E-state index contributed by atoms with van der Waals surface area (Å²) in [7, 11) is 0. The van der Waals surface area contributed by atoms with Crippen LogP contribution in [0.1, 0.15) is 46.5 Å². The molecule has 1 saturated carbocycles. The van der Waals surface area contributed by atoms with Crippen LogP contribution in [0, 0.1) is 0 Å². The van der Waals surface area contributed by atoms with Gasteiger partial charge in [0.05, 0.1) is 6.42 Å². The number of carbonyl (C=O) groups is 2. The Balaban J connectivity index is 2.27. The normalized spacial score (nSPS) is 14.9. The van der Waals surface area contributed by atoms with Crippen molar-refractivity contribution in [1.29, 1.82) is 0 Å². The topological polar surface area (TPSA) is 81.7 Å². The minimum atomic E-state index is -0.888. The van der Waals surface area contributed by atoms with E-state index >= 15 is 0 Å². The van der Waals surface area contributed by atoms with Gasteiger partial charge in [-0.2, -0.15) is 0 Å². The third kappa shape index (κ3) is 6.75. The number of carbonyl (C=O) groups excluding carboxylic acids is 1. The number of carboxylic acid groups (broad SMARTS) is 1. The summed E-state index contributed by atoms with van der Waals surface area (Å²) in [6.45, 7) is 7.47. The minimum Gasteiger partial charge on any atom is -0.481 e. The van der Waals surface area contributed by atoms with Gasteiger partial charge in [-0.05, 0) is 46.6 Å². The first-order chi connectivity index (χ1) is 9.30. The molecule has 6 nitrogen and oxygen atoms in total. The number of urea groups is 1. The van der Waals surface area contributed by atoms with E-state index in [-0.39, 0.29) is 24.5 Å². The predicted octanol–water partition coefficient (Wildman–Crippen LogP) is 1.41. The number of amides is 2. The van der Waals surface area contributed by atoms with Gasteiger partial charge in [-0.1, -0.05) is 0 Å². The molecule has 0 aromatic carbocycles. The summed E-state index contributed by atoms with van der Waals surface area (Å²) in [4.78, 5) is 24.3. The fraction of sp³-hybridized carbons (Fsp3) is 0.857. The highest BCUT2D eigenvalue weighted by Crippen LogP contribution is 2.18. The Morgan fingerprint density at radius 3 is 2.40 bits per heavy atom. The number of rotatable bonds is 8. The van der Waals surface area contributed by atoms with E-state index in [2.05, 4.69) is 10.6 Å². The fourth-order valence-corrected chi connectivity index (χ4v) is 1.92. The highest BCUT2D eigenvalue weighted by molar-refractivity contribution is 5.76. The highest BCUT2D eigenvalue weighted by Gasteiger charge is 2.26. The van der Waals surface area contributed by atoms with Crippen LogP contribution in [0.4, 0.5) is 4.79 Å². The van der Waals surface area contributed by atoms with Crippen molar-refractivity contribution >= 4 is 12.0 Å². The van der Waals surface area contributed by atoms with E-state index in [1.54, 1.807) is 4.90 Å². The third-order valence-corrected chi connectivity index (χ3v) is 3.24. The average Bonchev–Trinajstić information content (AvgIpc) is 3.10. The number of carboxylic acids is 1. The number of aliphatic carboxylic acids is 1. The number of hydrogen-bond acceptors (Lipinski definition) is 3. The van der Waals surface area contributed by atoms with E-state index in [1.165, 1.54) is 12.8 Å². The fourth-order valence-electron chi connectivity index (χ4n) is 1.92. The van der Waals surface area contributed by atoms with Crippen molar-refractivity contribution in [3.63, 3.8) is 0 Å². The Morgan fingerprint density at radius 1 is 1.25 bits per heavy atom. The van der Waals surface area contributed by atoms with Gasteiger partial charge in [0, 0.05) is 24.7 Å². The van der Waals surface area contributed by atoms with E-state index in [0.29, 0.717) is 12.6 Å². The number of nitrogens with one attached hydrogen (secondary N) is 2. The van der Waals surface area contributed by atoms with Crippen LogP contribution < -0.4 is 10.6 Å². The van der Waals surface area contributed by atoms with Gasteiger partial charge in [-0.15, -0.1) is 0 Å². The van der Waals surface area contributed by atoms with Gasteiger partial charge in [-0.25, -0.2) is 4.79 Å². The molecule has 1 aliphatic carbocycles. The lowest BCUT2D eigenvalue weighted by atomic mass is 10.1. The minimum absolute atomic E-state index is 0.0338. The highest BCUT2D eigenvalue weighted by atomic mass is 16.4. The quantitative estimate of drug-likeness (QED) is 0.589. The molecule has 0 saturated heterocycles. The molecule has 20 heavy (non-hydrogen) atoms. The molecule has 0 aromatic heterocycles. The standard InChI is InChI=1S/C14H27N3O3/c1-14(2,3)17(10-7-12(18)19)13(20)16-9-4-8-15-11-5-6-11/h11,15H,4-10H2,1-3H3,(H,16,20)(H,18,19). The Hall–Kier alpha value is -1.30. The van der Waals surface area contributed by atoms with E-state index in [1.807, 2.05) is 20.8 Å². The molecule has 3 N–H and O–H groups in total. The van der Waals surface area contributed by atoms with E-state index in [9.17, 15) is 9.59 Å². The van der Waals surface area contributed by atoms with Gasteiger partial charge in [0.1, 0.15) is 0 Å². The van der Waals surface area contributed by atoms with Crippen LogP contribution in [0.15, 0.2) is 0 Å². The van der Waals surface area contributed by atoms with Gasteiger partial charge < -0.3 is 20.6 Å². The zero-order valence-electron chi connectivity index (χ0n) is 12.7. The molecule has 0 heterocycles. The molecule has 0 spiro atoms. The monoisotopic (exact) mass is 285 g/mol. The van der Waals surface area contributed by atoms with E-state index < -0.39 is 5.97 Å². The zero-order chi connectivity index (χ0) is 15.2. The second-order valence-corrected chi connectivity index (χ2v) is 6.28.